The van der Waals surface area contributed by atoms with Gasteiger partial charge in [0.05, 0.1) is 6.33 Å². The smallest absolute Gasteiger partial charge is 0.191 e. The molecule has 0 bridgehead atoms. The lowest BCUT2D eigenvalue weighted by atomic mass is 10.1. The Kier molecular flexibility index (Phi) is 6.78. The first-order valence-electron chi connectivity index (χ1n) is 9.37. The minimum absolute atomic E-state index is 0.193. The zero-order valence-corrected chi connectivity index (χ0v) is 16.3. The van der Waals surface area contributed by atoms with Gasteiger partial charge < -0.3 is 15.2 Å². The molecule has 2 N–H and O–H groups in total. The summed E-state index contributed by atoms with van der Waals surface area (Å²) in [4.78, 5) is 8.36. The van der Waals surface area contributed by atoms with Crippen molar-refractivity contribution in [3.8, 4) is 0 Å². The number of nitrogens with one attached hydrogen (secondary N) is 2. The van der Waals surface area contributed by atoms with E-state index in [2.05, 4.69) is 44.9 Å². The van der Waals surface area contributed by atoms with Crippen molar-refractivity contribution in [3.63, 3.8) is 0 Å². The Morgan fingerprint density at radius 2 is 2.00 bits per heavy atom. The SMILES string of the molecule is CN=C(NCCc1ccc(F)cc1C)NCc1cccc(Cn2ccnc2)c1. The minimum atomic E-state index is -0.193. The number of halogens is 1. The van der Waals surface area contributed by atoms with Crippen molar-refractivity contribution in [1.82, 2.24) is 20.2 Å². The summed E-state index contributed by atoms with van der Waals surface area (Å²) in [5, 5.41) is 6.66. The normalized spacial score (nSPS) is 11.5. The third-order valence-electron chi connectivity index (χ3n) is 4.59. The van der Waals surface area contributed by atoms with Gasteiger partial charge in [-0.15, -0.1) is 0 Å². The van der Waals surface area contributed by atoms with Crippen LogP contribution in [-0.2, 0) is 19.5 Å². The second-order valence-corrected chi connectivity index (χ2v) is 6.73. The summed E-state index contributed by atoms with van der Waals surface area (Å²) in [5.41, 5.74) is 4.53. The standard InChI is InChI=1S/C22H26FN5/c1-17-12-21(23)7-6-20(17)8-9-26-22(24-2)27-14-18-4-3-5-19(13-18)15-28-11-10-25-16-28/h3-7,10-13,16H,8-9,14-15H2,1-2H3,(H2,24,26,27). The Hall–Kier alpha value is -3.15. The van der Waals surface area contributed by atoms with Gasteiger partial charge in [-0.1, -0.05) is 30.3 Å². The lowest BCUT2D eigenvalue weighted by molar-refractivity contribution is 0.625. The van der Waals surface area contributed by atoms with Crippen LogP contribution in [-0.4, -0.2) is 29.1 Å². The van der Waals surface area contributed by atoms with E-state index in [1.807, 2.05) is 30.1 Å². The molecule has 0 radical (unpaired) electrons. The van der Waals surface area contributed by atoms with E-state index >= 15 is 0 Å². The predicted octanol–water partition coefficient (Wildman–Crippen LogP) is 3.29. The molecule has 0 saturated carbocycles. The molecule has 1 aromatic heterocycles. The molecular formula is C22H26FN5. The van der Waals surface area contributed by atoms with Gasteiger partial charge in [0.25, 0.3) is 0 Å². The van der Waals surface area contributed by atoms with Gasteiger partial charge in [-0.25, -0.2) is 9.37 Å². The number of aryl methyl sites for hydroxylation is 1. The number of benzene rings is 2. The van der Waals surface area contributed by atoms with Gasteiger partial charge in [0.2, 0.25) is 0 Å². The van der Waals surface area contributed by atoms with Crippen molar-refractivity contribution in [3.05, 3.63) is 89.3 Å². The number of hydrogen-bond donors (Lipinski definition) is 2. The fraction of sp³-hybridized carbons (Fsp3) is 0.273. The molecule has 2 aromatic carbocycles. The van der Waals surface area contributed by atoms with Crippen LogP contribution in [0.25, 0.3) is 0 Å². The molecule has 0 spiro atoms. The maximum Gasteiger partial charge on any atom is 0.191 e. The molecule has 1 heterocycles. The molecule has 0 amide bonds. The molecule has 146 valence electrons. The van der Waals surface area contributed by atoms with Crippen LogP contribution in [0.1, 0.15) is 22.3 Å². The van der Waals surface area contributed by atoms with Gasteiger partial charge in [0.15, 0.2) is 5.96 Å². The largest absolute Gasteiger partial charge is 0.356 e. The highest BCUT2D eigenvalue weighted by Gasteiger charge is 2.03. The number of rotatable bonds is 7. The summed E-state index contributed by atoms with van der Waals surface area (Å²) in [6.45, 7) is 4.15. The van der Waals surface area contributed by atoms with Gasteiger partial charge in [-0.05, 0) is 47.7 Å². The number of aliphatic imine (C=N–C) groups is 1. The zero-order valence-electron chi connectivity index (χ0n) is 16.3. The van der Waals surface area contributed by atoms with Crippen LogP contribution in [0.5, 0.6) is 0 Å². The van der Waals surface area contributed by atoms with E-state index in [4.69, 9.17) is 0 Å². The molecule has 28 heavy (non-hydrogen) atoms. The second-order valence-electron chi connectivity index (χ2n) is 6.73. The molecule has 6 heteroatoms. The van der Waals surface area contributed by atoms with E-state index in [-0.39, 0.29) is 5.82 Å². The van der Waals surface area contributed by atoms with E-state index in [1.54, 1.807) is 19.3 Å². The molecule has 3 aromatic rings. The lowest BCUT2D eigenvalue weighted by Gasteiger charge is -2.13. The average Bonchev–Trinajstić information content (AvgIpc) is 3.19. The van der Waals surface area contributed by atoms with Gasteiger partial charge in [0, 0.05) is 39.1 Å². The first-order chi connectivity index (χ1) is 13.6. The fourth-order valence-corrected chi connectivity index (χ4v) is 3.09. The molecule has 0 fully saturated rings. The van der Waals surface area contributed by atoms with E-state index in [0.29, 0.717) is 6.54 Å². The lowest BCUT2D eigenvalue weighted by Crippen LogP contribution is -2.37. The van der Waals surface area contributed by atoms with Crippen molar-refractivity contribution in [2.24, 2.45) is 4.99 Å². The average molecular weight is 379 g/mol. The maximum atomic E-state index is 13.2. The Morgan fingerprint density at radius 3 is 2.75 bits per heavy atom. The monoisotopic (exact) mass is 379 g/mol. The number of hydrogen-bond acceptors (Lipinski definition) is 2. The zero-order chi connectivity index (χ0) is 19.8. The second kappa shape index (κ2) is 9.69. The minimum Gasteiger partial charge on any atom is -0.356 e. The third-order valence-corrected chi connectivity index (χ3v) is 4.59. The highest BCUT2D eigenvalue weighted by molar-refractivity contribution is 5.79. The van der Waals surface area contributed by atoms with E-state index < -0.39 is 0 Å². The number of aromatic nitrogens is 2. The molecule has 0 aliphatic heterocycles. The van der Waals surface area contributed by atoms with Crippen molar-refractivity contribution >= 4 is 5.96 Å². The number of nitrogens with zero attached hydrogens (tertiary/aromatic N) is 3. The van der Waals surface area contributed by atoms with E-state index in [0.717, 1.165) is 36.6 Å². The van der Waals surface area contributed by atoms with Gasteiger partial charge in [-0.2, -0.15) is 0 Å². The Bertz CT molecular complexity index is 918. The highest BCUT2D eigenvalue weighted by atomic mass is 19.1. The van der Waals surface area contributed by atoms with Crippen LogP contribution in [0.15, 0.2) is 66.2 Å². The van der Waals surface area contributed by atoms with Crippen molar-refractivity contribution < 1.29 is 4.39 Å². The van der Waals surface area contributed by atoms with Crippen LogP contribution >= 0.6 is 0 Å². The molecule has 3 rings (SSSR count). The van der Waals surface area contributed by atoms with Crippen molar-refractivity contribution in [2.45, 2.75) is 26.4 Å². The summed E-state index contributed by atoms with van der Waals surface area (Å²) < 4.78 is 15.2. The highest BCUT2D eigenvalue weighted by Crippen LogP contribution is 2.10. The molecule has 5 nitrogen and oxygen atoms in total. The van der Waals surface area contributed by atoms with Crippen LogP contribution in [0.2, 0.25) is 0 Å². The van der Waals surface area contributed by atoms with Gasteiger partial charge >= 0.3 is 0 Å². The van der Waals surface area contributed by atoms with Crippen LogP contribution in [0.3, 0.4) is 0 Å². The van der Waals surface area contributed by atoms with Crippen LogP contribution in [0.4, 0.5) is 4.39 Å². The van der Waals surface area contributed by atoms with Crippen LogP contribution in [0, 0.1) is 12.7 Å². The quantitative estimate of drug-likeness (QED) is 0.489. The first kappa shape index (κ1) is 19.6. The van der Waals surface area contributed by atoms with Crippen LogP contribution < -0.4 is 10.6 Å². The summed E-state index contributed by atoms with van der Waals surface area (Å²) in [6.07, 6.45) is 6.38. The Balaban J connectivity index is 1.48. The van der Waals surface area contributed by atoms with Gasteiger partial charge in [-0.3, -0.25) is 4.99 Å². The molecule has 0 unspecified atom stereocenters. The number of guanidine groups is 1. The summed E-state index contributed by atoms with van der Waals surface area (Å²) in [7, 11) is 1.76. The molecule has 0 saturated heterocycles. The first-order valence-corrected chi connectivity index (χ1v) is 9.37. The molecule has 0 atom stereocenters. The van der Waals surface area contributed by atoms with Crippen molar-refractivity contribution in [1.29, 1.82) is 0 Å². The molecule has 0 aliphatic rings. The van der Waals surface area contributed by atoms with E-state index in [1.165, 1.54) is 17.2 Å². The summed E-state index contributed by atoms with van der Waals surface area (Å²) in [6, 6.07) is 13.4. The maximum absolute atomic E-state index is 13.2. The Morgan fingerprint density at radius 1 is 1.14 bits per heavy atom. The summed E-state index contributed by atoms with van der Waals surface area (Å²) in [5.74, 6) is 0.557. The van der Waals surface area contributed by atoms with E-state index in [9.17, 15) is 4.39 Å². The van der Waals surface area contributed by atoms with Crippen molar-refractivity contribution in [2.75, 3.05) is 13.6 Å². The topological polar surface area (TPSA) is 54.2 Å². The number of imidazole rings is 1. The fourth-order valence-electron chi connectivity index (χ4n) is 3.09. The summed E-state index contributed by atoms with van der Waals surface area (Å²) >= 11 is 0. The van der Waals surface area contributed by atoms with Gasteiger partial charge in [0.1, 0.15) is 5.82 Å². The molecule has 0 aliphatic carbocycles. The third kappa shape index (κ3) is 5.67. The molecular weight excluding hydrogens is 353 g/mol. The Labute approximate surface area is 165 Å². The predicted molar refractivity (Wildman–Crippen MR) is 111 cm³/mol.